The number of fused-ring (bicyclic) bond motifs is 1. The summed E-state index contributed by atoms with van der Waals surface area (Å²) >= 11 is 3.39. The molecule has 3 rings (SSSR count). The van der Waals surface area contributed by atoms with E-state index in [-0.39, 0.29) is 17.9 Å². The van der Waals surface area contributed by atoms with Gasteiger partial charge in [-0.25, -0.2) is 4.79 Å². The second-order valence-electron chi connectivity index (χ2n) is 6.70. The number of esters is 1. The molecule has 2 unspecified atom stereocenters. The van der Waals surface area contributed by atoms with E-state index in [1.54, 1.807) is 4.90 Å². The Morgan fingerprint density at radius 3 is 2.80 bits per heavy atom. The van der Waals surface area contributed by atoms with Gasteiger partial charge in [0.25, 0.3) is 5.91 Å². The third-order valence-corrected chi connectivity index (χ3v) is 5.82. The summed E-state index contributed by atoms with van der Waals surface area (Å²) in [7, 11) is 0. The highest BCUT2D eigenvalue weighted by Gasteiger charge is 2.53. The van der Waals surface area contributed by atoms with Crippen molar-refractivity contribution < 1.29 is 19.1 Å². The lowest BCUT2D eigenvalue weighted by Crippen LogP contribution is -2.61. The van der Waals surface area contributed by atoms with E-state index < -0.39 is 5.60 Å². The Hall–Kier alpha value is -1.40. The number of carbonyl (C=O) groups excluding carboxylic acids is 2. The molecule has 0 saturated carbocycles. The van der Waals surface area contributed by atoms with E-state index >= 15 is 0 Å². The van der Waals surface area contributed by atoms with Crippen molar-refractivity contribution in [2.75, 3.05) is 18.5 Å². The lowest BCUT2D eigenvalue weighted by atomic mass is 9.94. The standard InChI is InChI=1S/C19H24BrNO4/c20-14-19(18(23)21-11-6-9-16(21)17(22)25-19)10-4-5-12-24-13-15-7-2-1-3-8-15/h1-3,7-8,16H,4-6,9-14H2. The molecule has 2 fully saturated rings. The predicted octanol–water partition coefficient (Wildman–Crippen LogP) is 3.06. The Balaban J connectivity index is 1.45. The first kappa shape index (κ1) is 18.4. The molecule has 2 atom stereocenters. The van der Waals surface area contributed by atoms with Gasteiger partial charge in [0.15, 0.2) is 5.60 Å². The number of benzene rings is 1. The molecule has 1 aromatic rings. The third kappa shape index (κ3) is 4.06. The molecule has 25 heavy (non-hydrogen) atoms. The largest absolute Gasteiger partial charge is 0.446 e. The zero-order valence-electron chi connectivity index (χ0n) is 14.3. The molecular weight excluding hydrogens is 386 g/mol. The van der Waals surface area contributed by atoms with E-state index in [1.165, 1.54) is 0 Å². The van der Waals surface area contributed by atoms with Crippen molar-refractivity contribution in [2.45, 2.75) is 50.4 Å². The van der Waals surface area contributed by atoms with Gasteiger partial charge in [-0.2, -0.15) is 0 Å². The van der Waals surface area contributed by atoms with Gasteiger partial charge >= 0.3 is 5.97 Å². The molecule has 0 radical (unpaired) electrons. The number of amides is 1. The van der Waals surface area contributed by atoms with Crippen molar-refractivity contribution in [3.63, 3.8) is 0 Å². The summed E-state index contributed by atoms with van der Waals surface area (Å²) in [6, 6.07) is 9.67. The number of rotatable bonds is 8. The van der Waals surface area contributed by atoms with E-state index in [1.807, 2.05) is 30.3 Å². The number of ether oxygens (including phenoxy) is 2. The maximum atomic E-state index is 12.8. The number of morpholine rings is 1. The molecule has 6 heteroatoms. The second kappa shape index (κ2) is 8.32. The fourth-order valence-electron chi connectivity index (χ4n) is 3.51. The highest BCUT2D eigenvalue weighted by atomic mass is 79.9. The van der Waals surface area contributed by atoms with E-state index in [9.17, 15) is 9.59 Å². The van der Waals surface area contributed by atoms with Gasteiger partial charge in [0.2, 0.25) is 0 Å². The first-order chi connectivity index (χ1) is 12.2. The van der Waals surface area contributed by atoms with E-state index in [2.05, 4.69) is 15.9 Å². The number of alkyl halides is 1. The van der Waals surface area contributed by atoms with Gasteiger partial charge in [-0.1, -0.05) is 46.3 Å². The monoisotopic (exact) mass is 409 g/mol. The van der Waals surface area contributed by atoms with Gasteiger partial charge < -0.3 is 14.4 Å². The van der Waals surface area contributed by atoms with Crippen LogP contribution in [0.2, 0.25) is 0 Å². The molecule has 0 N–H and O–H groups in total. The molecule has 0 bridgehead atoms. The van der Waals surface area contributed by atoms with Gasteiger partial charge in [-0.3, -0.25) is 4.79 Å². The summed E-state index contributed by atoms with van der Waals surface area (Å²) < 4.78 is 11.3. The first-order valence-electron chi connectivity index (χ1n) is 8.88. The van der Waals surface area contributed by atoms with Crippen LogP contribution in [0.15, 0.2) is 30.3 Å². The van der Waals surface area contributed by atoms with Crippen LogP contribution in [0, 0.1) is 0 Å². The van der Waals surface area contributed by atoms with Gasteiger partial charge in [0.1, 0.15) is 6.04 Å². The fraction of sp³-hybridized carbons (Fsp3) is 0.579. The predicted molar refractivity (Wildman–Crippen MR) is 97.3 cm³/mol. The summed E-state index contributed by atoms with van der Waals surface area (Å²) in [5.74, 6) is -0.298. The van der Waals surface area contributed by atoms with Crippen LogP contribution in [0.4, 0.5) is 0 Å². The van der Waals surface area contributed by atoms with Crippen LogP contribution in [-0.4, -0.2) is 46.9 Å². The molecular formula is C19H24BrNO4. The Morgan fingerprint density at radius 2 is 2.04 bits per heavy atom. The van der Waals surface area contributed by atoms with Gasteiger partial charge in [0.05, 0.1) is 11.9 Å². The normalized spacial score (nSPS) is 25.8. The van der Waals surface area contributed by atoms with Crippen molar-refractivity contribution in [1.82, 2.24) is 4.90 Å². The molecule has 1 amide bonds. The fourth-order valence-corrected chi connectivity index (χ4v) is 4.14. The van der Waals surface area contributed by atoms with E-state index in [0.29, 0.717) is 31.5 Å². The number of hydrogen-bond donors (Lipinski definition) is 0. The number of carbonyl (C=O) groups is 2. The van der Waals surface area contributed by atoms with Gasteiger partial charge in [-0.05, 0) is 37.7 Å². The smallest absolute Gasteiger partial charge is 0.329 e. The minimum Gasteiger partial charge on any atom is -0.446 e. The van der Waals surface area contributed by atoms with Crippen LogP contribution in [0.1, 0.15) is 37.7 Å². The topological polar surface area (TPSA) is 55.8 Å². The molecule has 2 aliphatic heterocycles. The molecule has 5 nitrogen and oxygen atoms in total. The SMILES string of the molecule is O=C1OC(CBr)(CCCCOCc2ccccc2)C(=O)N2CCCC12. The molecule has 1 aromatic carbocycles. The van der Waals surface area contributed by atoms with Crippen LogP contribution in [0.25, 0.3) is 0 Å². The quantitative estimate of drug-likeness (QED) is 0.376. The molecule has 2 saturated heterocycles. The first-order valence-corrected chi connectivity index (χ1v) is 10.00. The summed E-state index contributed by atoms with van der Waals surface area (Å²) in [6.07, 6.45) is 3.72. The Labute approximate surface area is 156 Å². The van der Waals surface area contributed by atoms with Crippen molar-refractivity contribution in [2.24, 2.45) is 0 Å². The summed E-state index contributed by atoms with van der Waals surface area (Å²) in [5.41, 5.74) is 0.105. The maximum absolute atomic E-state index is 12.8. The molecule has 136 valence electrons. The Bertz CT molecular complexity index is 609. The number of hydrogen-bond acceptors (Lipinski definition) is 4. The average molecular weight is 410 g/mol. The molecule has 2 aliphatic rings. The van der Waals surface area contributed by atoms with Crippen LogP contribution in [0.3, 0.4) is 0 Å². The number of cyclic esters (lactones) is 1. The zero-order valence-corrected chi connectivity index (χ0v) is 15.9. The third-order valence-electron chi connectivity index (χ3n) is 4.92. The molecule has 0 aliphatic carbocycles. The number of nitrogens with zero attached hydrogens (tertiary/aromatic N) is 1. The average Bonchev–Trinajstić information content (AvgIpc) is 3.13. The zero-order chi connectivity index (χ0) is 17.7. The van der Waals surface area contributed by atoms with Crippen LogP contribution < -0.4 is 0 Å². The van der Waals surface area contributed by atoms with Crippen LogP contribution in [0.5, 0.6) is 0 Å². The lowest BCUT2D eigenvalue weighted by Gasteiger charge is -2.41. The Kier molecular flexibility index (Phi) is 6.12. The molecule has 2 heterocycles. The minimum atomic E-state index is -1.04. The second-order valence-corrected chi connectivity index (χ2v) is 7.26. The van der Waals surface area contributed by atoms with E-state index in [4.69, 9.17) is 9.47 Å². The molecule has 0 spiro atoms. The number of unbranched alkanes of at least 4 members (excludes halogenated alkanes) is 1. The van der Waals surface area contributed by atoms with E-state index in [0.717, 1.165) is 31.2 Å². The highest BCUT2D eigenvalue weighted by molar-refractivity contribution is 9.09. The minimum absolute atomic E-state index is 0.0447. The Morgan fingerprint density at radius 1 is 1.24 bits per heavy atom. The van der Waals surface area contributed by atoms with Crippen molar-refractivity contribution in [1.29, 1.82) is 0 Å². The van der Waals surface area contributed by atoms with Crippen molar-refractivity contribution in [3.05, 3.63) is 35.9 Å². The van der Waals surface area contributed by atoms with Crippen LogP contribution in [-0.2, 0) is 25.7 Å². The van der Waals surface area contributed by atoms with Gasteiger partial charge in [-0.15, -0.1) is 0 Å². The number of halogens is 1. The summed E-state index contributed by atoms with van der Waals surface area (Å²) in [5, 5.41) is 0.346. The lowest BCUT2D eigenvalue weighted by molar-refractivity contribution is -0.188. The summed E-state index contributed by atoms with van der Waals surface area (Å²) in [6.45, 7) is 1.88. The van der Waals surface area contributed by atoms with Gasteiger partial charge in [0, 0.05) is 13.2 Å². The maximum Gasteiger partial charge on any atom is 0.329 e. The van der Waals surface area contributed by atoms with Crippen LogP contribution >= 0.6 is 15.9 Å². The highest BCUT2D eigenvalue weighted by Crippen LogP contribution is 2.34. The molecule has 0 aromatic heterocycles. The van der Waals surface area contributed by atoms with Crippen molar-refractivity contribution >= 4 is 27.8 Å². The summed E-state index contributed by atoms with van der Waals surface area (Å²) in [4.78, 5) is 26.7. The van der Waals surface area contributed by atoms with Crippen molar-refractivity contribution in [3.8, 4) is 0 Å².